The highest BCUT2D eigenvalue weighted by Crippen LogP contribution is 2.32. The van der Waals surface area contributed by atoms with Gasteiger partial charge in [-0.25, -0.2) is 0 Å². The fraction of sp³-hybridized carbons (Fsp3) is 0.350. The molecular formula is C20H23NO4. The lowest BCUT2D eigenvalue weighted by Crippen LogP contribution is -2.35. The van der Waals surface area contributed by atoms with Gasteiger partial charge in [-0.2, -0.15) is 0 Å². The molecule has 0 spiro atoms. The molecule has 0 saturated carbocycles. The lowest BCUT2D eigenvalue weighted by molar-refractivity contribution is -0.127. The Balaban J connectivity index is 1.55. The van der Waals surface area contributed by atoms with E-state index in [4.69, 9.17) is 14.2 Å². The zero-order valence-electron chi connectivity index (χ0n) is 14.7. The molecule has 5 nitrogen and oxygen atoms in total. The summed E-state index contributed by atoms with van der Waals surface area (Å²) < 4.78 is 16.4. The van der Waals surface area contributed by atoms with Crippen LogP contribution in [0.15, 0.2) is 42.5 Å². The minimum Gasteiger partial charge on any atom is -0.481 e. The number of carbonyl (C=O) groups is 1. The first-order valence-corrected chi connectivity index (χ1v) is 8.46. The Morgan fingerprint density at radius 1 is 1.12 bits per heavy atom. The largest absolute Gasteiger partial charge is 0.481 e. The van der Waals surface area contributed by atoms with Crippen molar-refractivity contribution in [2.24, 2.45) is 0 Å². The Kier molecular flexibility index (Phi) is 5.12. The van der Waals surface area contributed by atoms with E-state index in [9.17, 15) is 4.79 Å². The van der Waals surface area contributed by atoms with Crippen molar-refractivity contribution in [1.82, 2.24) is 5.32 Å². The third-order valence-corrected chi connectivity index (χ3v) is 4.11. The maximum Gasteiger partial charge on any atom is 0.261 e. The number of benzene rings is 2. The summed E-state index contributed by atoms with van der Waals surface area (Å²) in [5, 5.41) is 2.89. The average molecular weight is 341 g/mol. The molecule has 1 heterocycles. The van der Waals surface area contributed by atoms with Crippen LogP contribution in [0.4, 0.5) is 0 Å². The number of hydrogen-bond donors (Lipinski definition) is 1. The summed E-state index contributed by atoms with van der Waals surface area (Å²) in [7, 11) is 0. The number of ether oxygens (including phenoxy) is 3. The van der Waals surface area contributed by atoms with E-state index in [1.807, 2.05) is 36.4 Å². The van der Waals surface area contributed by atoms with Crippen molar-refractivity contribution in [2.45, 2.75) is 39.3 Å². The van der Waals surface area contributed by atoms with Crippen molar-refractivity contribution in [3.63, 3.8) is 0 Å². The smallest absolute Gasteiger partial charge is 0.261 e. The second kappa shape index (κ2) is 7.47. The number of fused-ring (bicyclic) bond motifs is 1. The SMILES string of the molecule is CC(Oc1cccc(C(C)C)c1)C(=O)NCc1ccc2c(c1)OCO2. The third-order valence-electron chi connectivity index (χ3n) is 4.11. The molecule has 0 aromatic heterocycles. The summed E-state index contributed by atoms with van der Waals surface area (Å²) in [6.45, 7) is 6.65. The van der Waals surface area contributed by atoms with E-state index < -0.39 is 6.10 Å². The molecule has 132 valence electrons. The number of hydrogen-bond acceptors (Lipinski definition) is 4. The van der Waals surface area contributed by atoms with Crippen LogP contribution in [-0.2, 0) is 11.3 Å². The molecule has 0 saturated heterocycles. The van der Waals surface area contributed by atoms with Gasteiger partial charge in [-0.3, -0.25) is 4.79 Å². The second-order valence-electron chi connectivity index (χ2n) is 6.39. The fourth-order valence-corrected chi connectivity index (χ4v) is 2.59. The molecule has 1 amide bonds. The van der Waals surface area contributed by atoms with Gasteiger partial charge in [0, 0.05) is 6.54 Å². The van der Waals surface area contributed by atoms with Crippen LogP contribution in [0.3, 0.4) is 0 Å². The summed E-state index contributed by atoms with van der Waals surface area (Å²) in [4.78, 5) is 12.3. The van der Waals surface area contributed by atoms with Gasteiger partial charge >= 0.3 is 0 Å². The van der Waals surface area contributed by atoms with E-state index in [2.05, 4.69) is 25.2 Å². The van der Waals surface area contributed by atoms with Gasteiger partial charge in [-0.1, -0.05) is 32.0 Å². The molecule has 2 aromatic carbocycles. The van der Waals surface area contributed by atoms with E-state index in [-0.39, 0.29) is 12.7 Å². The molecule has 2 aromatic rings. The Bertz CT molecular complexity index is 757. The minimum atomic E-state index is -0.573. The molecule has 5 heteroatoms. The maximum atomic E-state index is 12.3. The first-order valence-electron chi connectivity index (χ1n) is 8.46. The standard InChI is InChI=1S/C20H23NO4/c1-13(2)16-5-4-6-17(10-16)25-14(3)20(22)21-11-15-7-8-18-19(9-15)24-12-23-18/h4-10,13-14H,11-12H2,1-3H3,(H,21,22). The quantitative estimate of drug-likeness (QED) is 0.872. The molecule has 1 aliphatic heterocycles. The molecule has 0 aliphatic carbocycles. The zero-order chi connectivity index (χ0) is 17.8. The molecule has 1 N–H and O–H groups in total. The van der Waals surface area contributed by atoms with Gasteiger partial charge in [-0.15, -0.1) is 0 Å². The molecule has 3 rings (SSSR count). The monoisotopic (exact) mass is 341 g/mol. The summed E-state index contributed by atoms with van der Waals surface area (Å²) in [5.74, 6) is 2.40. The van der Waals surface area contributed by atoms with Crippen LogP contribution in [0.2, 0.25) is 0 Å². The normalized spacial score (nSPS) is 13.6. The number of nitrogens with one attached hydrogen (secondary N) is 1. The highest BCUT2D eigenvalue weighted by Gasteiger charge is 2.16. The van der Waals surface area contributed by atoms with Crippen LogP contribution >= 0.6 is 0 Å². The lowest BCUT2D eigenvalue weighted by Gasteiger charge is -2.16. The second-order valence-corrected chi connectivity index (χ2v) is 6.39. The minimum absolute atomic E-state index is 0.160. The number of carbonyl (C=O) groups excluding carboxylic acids is 1. The van der Waals surface area contributed by atoms with Crippen LogP contribution in [-0.4, -0.2) is 18.8 Å². The first kappa shape index (κ1) is 17.1. The van der Waals surface area contributed by atoms with E-state index >= 15 is 0 Å². The molecule has 1 atom stereocenters. The fourth-order valence-electron chi connectivity index (χ4n) is 2.59. The summed E-state index contributed by atoms with van der Waals surface area (Å²) in [6.07, 6.45) is -0.573. The van der Waals surface area contributed by atoms with Gasteiger partial charge in [0.2, 0.25) is 6.79 Å². The molecule has 1 unspecified atom stereocenters. The molecular weight excluding hydrogens is 318 g/mol. The molecule has 25 heavy (non-hydrogen) atoms. The van der Waals surface area contributed by atoms with Crippen LogP contribution in [0.5, 0.6) is 17.2 Å². The van der Waals surface area contributed by atoms with E-state index in [1.54, 1.807) is 6.92 Å². The van der Waals surface area contributed by atoms with Gasteiger partial charge in [-0.05, 0) is 48.2 Å². The third kappa shape index (κ3) is 4.24. The number of amides is 1. The Morgan fingerprint density at radius 3 is 2.72 bits per heavy atom. The van der Waals surface area contributed by atoms with Gasteiger partial charge in [0.05, 0.1) is 0 Å². The van der Waals surface area contributed by atoms with Crippen molar-refractivity contribution in [3.05, 3.63) is 53.6 Å². The molecule has 0 bridgehead atoms. The van der Waals surface area contributed by atoms with Crippen molar-refractivity contribution >= 4 is 5.91 Å². The van der Waals surface area contributed by atoms with E-state index in [0.29, 0.717) is 24.0 Å². The first-order chi connectivity index (χ1) is 12.0. The molecule has 0 fully saturated rings. The number of rotatable bonds is 6. The summed E-state index contributed by atoms with van der Waals surface area (Å²) in [6, 6.07) is 13.5. The van der Waals surface area contributed by atoms with Gasteiger partial charge < -0.3 is 19.5 Å². The van der Waals surface area contributed by atoms with Gasteiger partial charge in [0.1, 0.15) is 5.75 Å². The van der Waals surface area contributed by atoms with E-state index in [1.165, 1.54) is 5.56 Å². The van der Waals surface area contributed by atoms with Crippen LogP contribution in [0.25, 0.3) is 0 Å². The lowest BCUT2D eigenvalue weighted by atomic mass is 10.0. The highest BCUT2D eigenvalue weighted by atomic mass is 16.7. The molecule has 1 aliphatic rings. The Hall–Kier alpha value is -2.69. The Labute approximate surface area is 147 Å². The predicted molar refractivity (Wildman–Crippen MR) is 95.0 cm³/mol. The molecule has 0 radical (unpaired) electrons. The Morgan fingerprint density at radius 2 is 1.92 bits per heavy atom. The van der Waals surface area contributed by atoms with E-state index in [0.717, 1.165) is 11.3 Å². The van der Waals surface area contributed by atoms with Gasteiger partial charge in [0.25, 0.3) is 5.91 Å². The zero-order valence-corrected chi connectivity index (χ0v) is 14.7. The average Bonchev–Trinajstić information content (AvgIpc) is 3.07. The van der Waals surface area contributed by atoms with Crippen molar-refractivity contribution in [1.29, 1.82) is 0 Å². The van der Waals surface area contributed by atoms with Crippen LogP contribution in [0.1, 0.15) is 37.8 Å². The highest BCUT2D eigenvalue weighted by molar-refractivity contribution is 5.80. The van der Waals surface area contributed by atoms with Crippen molar-refractivity contribution in [3.8, 4) is 17.2 Å². The predicted octanol–water partition coefficient (Wildman–Crippen LogP) is 3.62. The maximum absolute atomic E-state index is 12.3. The van der Waals surface area contributed by atoms with Crippen LogP contribution < -0.4 is 19.5 Å². The van der Waals surface area contributed by atoms with Gasteiger partial charge in [0.15, 0.2) is 17.6 Å². The van der Waals surface area contributed by atoms with Crippen LogP contribution in [0, 0.1) is 0 Å². The summed E-state index contributed by atoms with van der Waals surface area (Å²) in [5.41, 5.74) is 2.14. The van der Waals surface area contributed by atoms with Crippen molar-refractivity contribution in [2.75, 3.05) is 6.79 Å². The summed E-state index contributed by atoms with van der Waals surface area (Å²) >= 11 is 0. The topological polar surface area (TPSA) is 56.8 Å². The van der Waals surface area contributed by atoms with Crippen molar-refractivity contribution < 1.29 is 19.0 Å².